The van der Waals surface area contributed by atoms with Gasteiger partial charge in [-0.2, -0.15) is 5.10 Å². The van der Waals surface area contributed by atoms with Crippen LogP contribution in [0.3, 0.4) is 0 Å². The van der Waals surface area contributed by atoms with Crippen molar-refractivity contribution in [3.63, 3.8) is 0 Å². The maximum absolute atomic E-state index is 4.34. The Balaban J connectivity index is 1.72. The van der Waals surface area contributed by atoms with Crippen molar-refractivity contribution >= 4 is 23.1 Å². The van der Waals surface area contributed by atoms with E-state index >= 15 is 0 Å². The van der Waals surface area contributed by atoms with E-state index in [1.165, 1.54) is 9.90 Å². The Labute approximate surface area is 117 Å². The summed E-state index contributed by atoms with van der Waals surface area (Å²) >= 11 is 3.66. The average Bonchev–Trinajstić information content (AvgIpc) is 2.94. The molecule has 1 atom stereocenters. The minimum Gasteiger partial charge on any atom is -0.309 e. The first-order valence-corrected chi connectivity index (χ1v) is 7.93. The molecule has 2 rings (SSSR count). The first-order valence-electron chi connectivity index (χ1n) is 6.07. The molecule has 0 saturated carbocycles. The minimum atomic E-state index is 0.443. The normalized spacial score (nSPS) is 12.8. The Kier molecular flexibility index (Phi) is 4.86. The van der Waals surface area contributed by atoms with Gasteiger partial charge in [-0.3, -0.25) is 4.68 Å². The second kappa shape index (κ2) is 6.41. The van der Waals surface area contributed by atoms with E-state index in [1.54, 1.807) is 0 Å². The lowest BCUT2D eigenvalue weighted by Crippen LogP contribution is -2.20. The maximum atomic E-state index is 4.34. The zero-order valence-electron chi connectivity index (χ0n) is 11.0. The van der Waals surface area contributed by atoms with Gasteiger partial charge in [-0.15, -0.1) is 23.1 Å². The van der Waals surface area contributed by atoms with Crippen molar-refractivity contribution in [3.05, 3.63) is 34.2 Å². The fraction of sp³-hybridized carbons (Fsp3) is 0.462. The van der Waals surface area contributed by atoms with E-state index in [4.69, 9.17) is 0 Å². The van der Waals surface area contributed by atoms with Gasteiger partial charge in [0.25, 0.3) is 0 Å². The molecule has 98 valence electrons. The molecule has 2 aromatic heterocycles. The highest BCUT2D eigenvalue weighted by Gasteiger charge is 2.06. The molecule has 0 aliphatic rings. The average molecular weight is 281 g/mol. The zero-order valence-corrected chi connectivity index (χ0v) is 12.6. The maximum Gasteiger partial charge on any atom is 0.0939 e. The molecule has 0 aliphatic heterocycles. The monoisotopic (exact) mass is 281 g/mol. The summed E-state index contributed by atoms with van der Waals surface area (Å²) in [6, 6.07) is 6.86. The summed E-state index contributed by atoms with van der Waals surface area (Å²) in [4.78, 5) is 1.40. The van der Waals surface area contributed by atoms with Crippen LogP contribution >= 0.6 is 23.1 Å². The van der Waals surface area contributed by atoms with E-state index in [1.807, 2.05) is 41.8 Å². The van der Waals surface area contributed by atoms with Crippen LogP contribution in [0.5, 0.6) is 0 Å². The molecular formula is C13H19N3S2. The summed E-state index contributed by atoms with van der Waals surface area (Å²) in [5.41, 5.74) is 1.08. The van der Waals surface area contributed by atoms with Gasteiger partial charge in [-0.1, -0.05) is 6.07 Å². The highest BCUT2D eigenvalue weighted by atomic mass is 32.2. The van der Waals surface area contributed by atoms with E-state index in [-0.39, 0.29) is 0 Å². The van der Waals surface area contributed by atoms with Crippen molar-refractivity contribution in [2.24, 2.45) is 7.05 Å². The third kappa shape index (κ3) is 3.60. The van der Waals surface area contributed by atoms with E-state index < -0.39 is 0 Å². The molecule has 0 aliphatic carbocycles. The van der Waals surface area contributed by atoms with Crippen molar-refractivity contribution in [2.75, 3.05) is 12.3 Å². The Hall–Kier alpha value is -0.780. The van der Waals surface area contributed by atoms with Crippen molar-refractivity contribution in [1.82, 2.24) is 15.1 Å². The van der Waals surface area contributed by atoms with Gasteiger partial charge in [0.15, 0.2) is 0 Å². The summed E-state index contributed by atoms with van der Waals surface area (Å²) in [6.07, 6.45) is 0. The van der Waals surface area contributed by atoms with Crippen LogP contribution in [0.25, 0.3) is 0 Å². The SMILES string of the molecule is Cc1cc(SCCNC(C)c2cccs2)n(C)n1. The molecular weight excluding hydrogens is 262 g/mol. The quantitative estimate of drug-likeness (QED) is 0.651. The Bertz CT molecular complexity index is 476. The van der Waals surface area contributed by atoms with Crippen LogP contribution in [-0.4, -0.2) is 22.1 Å². The highest BCUT2D eigenvalue weighted by Crippen LogP contribution is 2.20. The smallest absolute Gasteiger partial charge is 0.0939 e. The number of rotatable bonds is 6. The van der Waals surface area contributed by atoms with Gasteiger partial charge < -0.3 is 5.32 Å². The summed E-state index contributed by atoms with van der Waals surface area (Å²) in [7, 11) is 2.00. The summed E-state index contributed by atoms with van der Waals surface area (Å²) < 4.78 is 1.95. The summed E-state index contributed by atoms with van der Waals surface area (Å²) in [5.74, 6) is 1.06. The fourth-order valence-corrected chi connectivity index (χ4v) is 3.46. The van der Waals surface area contributed by atoms with Gasteiger partial charge in [0.05, 0.1) is 10.7 Å². The number of thiophene rings is 1. The molecule has 0 amide bonds. The lowest BCUT2D eigenvalue weighted by Gasteiger charge is -2.11. The van der Waals surface area contributed by atoms with E-state index in [0.717, 1.165) is 18.0 Å². The van der Waals surface area contributed by atoms with Crippen molar-refractivity contribution in [3.8, 4) is 0 Å². The second-order valence-corrected chi connectivity index (χ2v) is 6.38. The molecule has 0 saturated heterocycles. The number of nitrogens with one attached hydrogen (secondary N) is 1. The second-order valence-electron chi connectivity index (χ2n) is 4.29. The molecule has 0 bridgehead atoms. The van der Waals surface area contributed by atoms with Gasteiger partial charge in [0, 0.05) is 30.3 Å². The van der Waals surface area contributed by atoms with Gasteiger partial charge in [-0.05, 0) is 31.4 Å². The van der Waals surface area contributed by atoms with Gasteiger partial charge in [0.1, 0.15) is 0 Å². The molecule has 18 heavy (non-hydrogen) atoms. The first-order chi connectivity index (χ1) is 8.66. The van der Waals surface area contributed by atoms with Crippen molar-refractivity contribution < 1.29 is 0 Å². The number of aromatic nitrogens is 2. The fourth-order valence-electron chi connectivity index (χ4n) is 1.79. The van der Waals surface area contributed by atoms with Crippen LogP contribution in [0.1, 0.15) is 23.5 Å². The summed E-state index contributed by atoms with van der Waals surface area (Å²) in [6.45, 7) is 5.25. The van der Waals surface area contributed by atoms with Crippen molar-refractivity contribution in [1.29, 1.82) is 0 Å². The predicted octanol–water partition coefficient (Wildman–Crippen LogP) is 3.23. The van der Waals surface area contributed by atoms with Crippen LogP contribution < -0.4 is 5.32 Å². The number of aryl methyl sites for hydroxylation is 2. The zero-order chi connectivity index (χ0) is 13.0. The molecule has 5 heteroatoms. The largest absolute Gasteiger partial charge is 0.309 e. The standard InChI is InChI=1S/C13H19N3S2/c1-10-9-13(16(3)15-10)18-8-6-14-11(2)12-5-4-7-17-12/h4-5,7,9,11,14H,6,8H2,1-3H3. The number of hydrogen-bond donors (Lipinski definition) is 1. The molecule has 0 aromatic carbocycles. The molecule has 0 spiro atoms. The lowest BCUT2D eigenvalue weighted by atomic mass is 10.3. The third-order valence-electron chi connectivity index (χ3n) is 2.73. The topological polar surface area (TPSA) is 29.9 Å². The Morgan fingerprint density at radius 1 is 1.56 bits per heavy atom. The molecule has 2 aromatic rings. The van der Waals surface area contributed by atoms with Gasteiger partial charge in [-0.25, -0.2) is 0 Å². The molecule has 1 N–H and O–H groups in total. The van der Waals surface area contributed by atoms with Gasteiger partial charge >= 0.3 is 0 Å². The van der Waals surface area contributed by atoms with Crippen LogP contribution in [0, 0.1) is 6.92 Å². The van der Waals surface area contributed by atoms with Gasteiger partial charge in [0.2, 0.25) is 0 Å². The Morgan fingerprint density at radius 2 is 2.39 bits per heavy atom. The lowest BCUT2D eigenvalue weighted by molar-refractivity contribution is 0.610. The van der Waals surface area contributed by atoms with Crippen LogP contribution in [0.4, 0.5) is 0 Å². The van der Waals surface area contributed by atoms with Crippen molar-refractivity contribution in [2.45, 2.75) is 24.9 Å². The molecule has 3 nitrogen and oxygen atoms in total. The number of thioether (sulfide) groups is 1. The van der Waals surface area contributed by atoms with Crippen LogP contribution in [-0.2, 0) is 7.05 Å². The Morgan fingerprint density at radius 3 is 3.00 bits per heavy atom. The van der Waals surface area contributed by atoms with Crippen LogP contribution in [0.15, 0.2) is 28.6 Å². The number of hydrogen-bond acceptors (Lipinski definition) is 4. The number of nitrogens with zero attached hydrogens (tertiary/aromatic N) is 2. The van der Waals surface area contributed by atoms with Crippen LogP contribution in [0.2, 0.25) is 0 Å². The first kappa shape index (κ1) is 13.6. The van der Waals surface area contributed by atoms with E-state index in [2.05, 4.69) is 40.9 Å². The third-order valence-corrected chi connectivity index (χ3v) is 4.87. The van der Waals surface area contributed by atoms with E-state index in [9.17, 15) is 0 Å². The predicted molar refractivity (Wildman–Crippen MR) is 79.4 cm³/mol. The molecule has 1 unspecified atom stereocenters. The summed E-state index contributed by atoms with van der Waals surface area (Å²) in [5, 5.41) is 11.2. The molecule has 2 heterocycles. The van der Waals surface area contributed by atoms with E-state index in [0.29, 0.717) is 6.04 Å². The molecule has 0 fully saturated rings. The molecule has 0 radical (unpaired) electrons. The highest BCUT2D eigenvalue weighted by molar-refractivity contribution is 7.99. The minimum absolute atomic E-state index is 0.443.